The van der Waals surface area contributed by atoms with Crippen molar-refractivity contribution in [3.05, 3.63) is 65.1 Å². The lowest BCUT2D eigenvalue weighted by Gasteiger charge is -2.39. The van der Waals surface area contributed by atoms with Gasteiger partial charge in [0.2, 0.25) is 0 Å². The number of pyridine rings is 1. The van der Waals surface area contributed by atoms with Crippen molar-refractivity contribution in [3.8, 4) is 5.75 Å². The second kappa shape index (κ2) is 6.06. The van der Waals surface area contributed by atoms with Crippen molar-refractivity contribution < 1.29 is 18.3 Å². The average molecular weight is 358 g/mol. The Morgan fingerprint density at radius 3 is 2.62 bits per heavy atom. The first-order chi connectivity index (χ1) is 12.4. The van der Waals surface area contributed by atoms with Crippen molar-refractivity contribution in [1.29, 1.82) is 0 Å². The number of nitrogens with zero attached hydrogens (tertiary/aromatic N) is 2. The van der Waals surface area contributed by atoms with Crippen molar-refractivity contribution in [2.45, 2.75) is 38.9 Å². The third kappa shape index (κ3) is 2.40. The third-order valence-electron chi connectivity index (χ3n) is 4.94. The van der Waals surface area contributed by atoms with Gasteiger partial charge in [-0.2, -0.15) is 8.78 Å². The van der Waals surface area contributed by atoms with Gasteiger partial charge in [0.25, 0.3) is 0 Å². The van der Waals surface area contributed by atoms with E-state index in [0.717, 1.165) is 11.4 Å². The molecule has 0 aliphatic carbocycles. The number of aryl methyl sites for hydroxylation is 2. The van der Waals surface area contributed by atoms with Crippen molar-refractivity contribution in [2.75, 3.05) is 6.61 Å². The maximum absolute atomic E-state index is 15.4. The summed E-state index contributed by atoms with van der Waals surface area (Å²) in [5.41, 5.74) is 2.57. The summed E-state index contributed by atoms with van der Waals surface area (Å²) in [6.07, 6.45) is -0.698. The molecule has 3 aromatic rings. The van der Waals surface area contributed by atoms with E-state index in [9.17, 15) is 0 Å². The molecule has 0 saturated carbocycles. The van der Waals surface area contributed by atoms with E-state index >= 15 is 8.78 Å². The van der Waals surface area contributed by atoms with Crippen LogP contribution in [0, 0.1) is 13.8 Å². The predicted molar refractivity (Wildman–Crippen MR) is 93.8 cm³/mol. The summed E-state index contributed by atoms with van der Waals surface area (Å²) in [4.78, 5) is 4.45. The molecule has 0 spiro atoms. The van der Waals surface area contributed by atoms with Crippen LogP contribution in [-0.4, -0.2) is 22.1 Å². The zero-order valence-electron chi connectivity index (χ0n) is 14.9. The van der Waals surface area contributed by atoms with Crippen molar-refractivity contribution in [2.24, 2.45) is 0 Å². The minimum Gasteiger partial charge on any atom is -0.478 e. The standard InChI is InChI=1S/C20H20F2N2O2/c1-4-25-18-16(14-8-6-5-7-9-14)26-17-15(20(18,21)22)10-11-24-13(3)12(2)23-19(17)24/h5-11,16,18H,4H2,1-3H3/t16-,18-/m1/s1. The second-order valence-corrected chi connectivity index (χ2v) is 6.48. The topological polar surface area (TPSA) is 35.8 Å². The number of ether oxygens (including phenoxy) is 2. The molecule has 2 atom stereocenters. The Morgan fingerprint density at radius 1 is 1.19 bits per heavy atom. The summed E-state index contributed by atoms with van der Waals surface area (Å²) in [5.74, 6) is -3.07. The number of hydrogen-bond acceptors (Lipinski definition) is 3. The smallest absolute Gasteiger partial charge is 0.306 e. The van der Waals surface area contributed by atoms with E-state index in [2.05, 4.69) is 4.98 Å². The zero-order chi connectivity index (χ0) is 18.5. The summed E-state index contributed by atoms with van der Waals surface area (Å²) in [7, 11) is 0. The fourth-order valence-electron chi connectivity index (χ4n) is 3.48. The molecule has 26 heavy (non-hydrogen) atoms. The number of aromatic nitrogens is 2. The summed E-state index contributed by atoms with van der Waals surface area (Å²) in [5, 5.41) is 0. The van der Waals surface area contributed by atoms with Gasteiger partial charge in [-0.05, 0) is 32.4 Å². The van der Waals surface area contributed by atoms with Crippen LogP contribution < -0.4 is 4.74 Å². The molecule has 0 radical (unpaired) electrons. The molecule has 6 heteroatoms. The number of alkyl halides is 2. The highest BCUT2D eigenvalue weighted by molar-refractivity contribution is 5.62. The van der Waals surface area contributed by atoms with Gasteiger partial charge in [-0.1, -0.05) is 30.3 Å². The van der Waals surface area contributed by atoms with Crippen molar-refractivity contribution in [3.63, 3.8) is 0 Å². The molecule has 0 fully saturated rings. The van der Waals surface area contributed by atoms with Gasteiger partial charge in [-0.3, -0.25) is 0 Å². The molecule has 3 heterocycles. The molecule has 2 aromatic heterocycles. The molecule has 1 aromatic carbocycles. The highest BCUT2D eigenvalue weighted by atomic mass is 19.3. The fraction of sp³-hybridized carbons (Fsp3) is 0.350. The van der Waals surface area contributed by atoms with Crippen LogP contribution in [0.2, 0.25) is 0 Å². The molecule has 4 rings (SSSR count). The lowest BCUT2D eigenvalue weighted by atomic mass is 9.91. The van der Waals surface area contributed by atoms with Crippen molar-refractivity contribution in [1.82, 2.24) is 9.38 Å². The summed E-state index contributed by atoms with van der Waals surface area (Å²) < 4.78 is 44.1. The van der Waals surface area contributed by atoms with Gasteiger partial charge in [0.1, 0.15) is 0 Å². The Bertz CT molecular complexity index is 953. The molecule has 4 nitrogen and oxygen atoms in total. The van der Waals surface area contributed by atoms with Crippen LogP contribution in [0.5, 0.6) is 5.75 Å². The second-order valence-electron chi connectivity index (χ2n) is 6.48. The van der Waals surface area contributed by atoms with Gasteiger partial charge in [-0.25, -0.2) is 4.98 Å². The SMILES string of the molecule is CCO[C@@H]1[C@@H](c2ccccc2)Oc2c(ccn3c(C)c(C)nc23)C1(F)F. The van der Waals surface area contributed by atoms with E-state index in [4.69, 9.17) is 9.47 Å². The van der Waals surface area contributed by atoms with Crippen molar-refractivity contribution >= 4 is 5.65 Å². The van der Waals surface area contributed by atoms with Crippen LogP contribution in [0.4, 0.5) is 8.78 Å². The quantitative estimate of drug-likeness (QED) is 0.687. The lowest BCUT2D eigenvalue weighted by molar-refractivity contribution is -0.192. The number of hydrogen-bond donors (Lipinski definition) is 0. The highest BCUT2D eigenvalue weighted by Crippen LogP contribution is 2.50. The molecule has 0 amide bonds. The van der Waals surface area contributed by atoms with Crippen LogP contribution in [0.3, 0.4) is 0 Å². The van der Waals surface area contributed by atoms with Gasteiger partial charge in [0, 0.05) is 18.5 Å². The maximum atomic E-state index is 15.4. The fourth-order valence-corrected chi connectivity index (χ4v) is 3.48. The highest BCUT2D eigenvalue weighted by Gasteiger charge is 2.54. The number of fused-ring (bicyclic) bond motifs is 3. The van der Waals surface area contributed by atoms with Crippen LogP contribution in [0.15, 0.2) is 42.6 Å². The molecular weight excluding hydrogens is 338 g/mol. The Kier molecular flexibility index (Phi) is 3.95. The van der Waals surface area contributed by atoms with Gasteiger partial charge in [-0.15, -0.1) is 0 Å². The first-order valence-corrected chi connectivity index (χ1v) is 8.65. The van der Waals surface area contributed by atoms with E-state index in [-0.39, 0.29) is 17.9 Å². The molecular formula is C20H20F2N2O2. The van der Waals surface area contributed by atoms with Crippen LogP contribution in [0.1, 0.15) is 35.5 Å². The Balaban J connectivity index is 1.94. The molecule has 1 aliphatic heterocycles. The van der Waals surface area contributed by atoms with E-state index in [0.29, 0.717) is 11.2 Å². The molecule has 0 unspecified atom stereocenters. The van der Waals surface area contributed by atoms with E-state index < -0.39 is 18.1 Å². The molecule has 136 valence electrons. The van der Waals surface area contributed by atoms with E-state index in [1.807, 2.05) is 19.9 Å². The predicted octanol–water partition coefficient (Wildman–Crippen LogP) is 4.58. The van der Waals surface area contributed by atoms with E-state index in [1.54, 1.807) is 41.8 Å². The minimum atomic E-state index is -3.19. The first-order valence-electron chi connectivity index (χ1n) is 8.65. The van der Waals surface area contributed by atoms with Gasteiger partial charge < -0.3 is 13.9 Å². The maximum Gasteiger partial charge on any atom is 0.306 e. The Hall–Kier alpha value is -2.47. The Morgan fingerprint density at radius 2 is 1.92 bits per heavy atom. The summed E-state index contributed by atoms with van der Waals surface area (Å²) in [6, 6.07) is 10.4. The normalized spacial score (nSPS) is 21.4. The Labute approximate surface area is 150 Å². The largest absolute Gasteiger partial charge is 0.478 e. The average Bonchev–Trinajstić information content (AvgIpc) is 2.93. The zero-order valence-corrected chi connectivity index (χ0v) is 14.9. The lowest BCUT2D eigenvalue weighted by Crippen LogP contribution is -2.44. The monoisotopic (exact) mass is 358 g/mol. The number of halogens is 2. The summed E-state index contributed by atoms with van der Waals surface area (Å²) in [6.45, 7) is 5.64. The summed E-state index contributed by atoms with van der Waals surface area (Å²) >= 11 is 0. The third-order valence-corrected chi connectivity index (χ3v) is 4.94. The van der Waals surface area contributed by atoms with Crippen LogP contribution in [0.25, 0.3) is 5.65 Å². The number of imidazole rings is 1. The molecule has 0 N–H and O–H groups in total. The van der Waals surface area contributed by atoms with Crippen LogP contribution in [-0.2, 0) is 10.7 Å². The number of benzene rings is 1. The minimum absolute atomic E-state index is 0.124. The van der Waals surface area contributed by atoms with Gasteiger partial charge in [0.15, 0.2) is 23.6 Å². The van der Waals surface area contributed by atoms with Gasteiger partial charge >= 0.3 is 5.92 Å². The van der Waals surface area contributed by atoms with Crippen LogP contribution >= 0.6 is 0 Å². The molecule has 1 aliphatic rings. The molecule has 0 bridgehead atoms. The molecule has 0 saturated heterocycles. The first kappa shape index (κ1) is 17.0. The van der Waals surface area contributed by atoms with Gasteiger partial charge in [0.05, 0.1) is 11.3 Å². The van der Waals surface area contributed by atoms with E-state index in [1.165, 1.54) is 6.07 Å². The number of rotatable bonds is 3.